The van der Waals surface area contributed by atoms with Gasteiger partial charge in [-0.05, 0) is 18.1 Å². The Balaban J connectivity index is 2.27. The number of rotatable bonds is 4. The minimum Gasteiger partial charge on any atom is -0.373 e. The van der Waals surface area contributed by atoms with E-state index in [2.05, 4.69) is 16.2 Å². The molecule has 2 rings (SSSR count). The third kappa shape index (κ3) is 2.42. The summed E-state index contributed by atoms with van der Waals surface area (Å²) in [6.45, 7) is 4.06. The molecule has 2 aromatic heterocycles. The van der Waals surface area contributed by atoms with Crippen LogP contribution in [0.25, 0.3) is 10.8 Å². The van der Waals surface area contributed by atoms with Crippen LogP contribution in [0, 0.1) is 17.2 Å². The van der Waals surface area contributed by atoms with Crippen LogP contribution < -0.4 is 0 Å². The maximum absolute atomic E-state index is 8.78. The molecule has 0 fully saturated rings. The number of nitrogens with zero attached hydrogens (tertiary/aromatic N) is 3. The second-order valence-electron chi connectivity index (χ2n) is 4.13. The second-order valence-corrected chi connectivity index (χ2v) is 5.22. The number of thiophene rings is 1. The van der Waals surface area contributed by atoms with Gasteiger partial charge in [0.1, 0.15) is 17.1 Å². The quantitative estimate of drug-likeness (QED) is 0.847. The predicted octanol–water partition coefficient (Wildman–Crippen LogP) is 3.01. The van der Waals surface area contributed by atoms with E-state index in [1.807, 2.05) is 13.8 Å². The molecule has 94 valence electrons. The van der Waals surface area contributed by atoms with Gasteiger partial charge in [0.15, 0.2) is 0 Å². The molecule has 5 nitrogen and oxygen atoms in total. The lowest BCUT2D eigenvalue weighted by atomic mass is 10.1. The topological polar surface area (TPSA) is 71.9 Å². The second kappa shape index (κ2) is 5.29. The van der Waals surface area contributed by atoms with Gasteiger partial charge in [0.2, 0.25) is 5.82 Å². The van der Waals surface area contributed by atoms with Crippen molar-refractivity contribution in [1.82, 2.24) is 10.1 Å². The van der Waals surface area contributed by atoms with E-state index in [9.17, 15) is 0 Å². The van der Waals surface area contributed by atoms with E-state index >= 15 is 0 Å². The third-order valence-electron chi connectivity index (χ3n) is 2.48. The zero-order chi connectivity index (χ0) is 13.1. The van der Waals surface area contributed by atoms with E-state index in [0.717, 1.165) is 4.88 Å². The van der Waals surface area contributed by atoms with Crippen molar-refractivity contribution >= 4 is 11.3 Å². The summed E-state index contributed by atoms with van der Waals surface area (Å²) in [4.78, 5) is 5.74. The average molecular weight is 263 g/mol. The summed E-state index contributed by atoms with van der Waals surface area (Å²) in [6, 6.07) is 5.62. The molecular formula is C12H13N3O2S. The molecule has 0 aliphatic carbocycles. The van der Waals surface area contributed by atoms with Crippen LogP contribution in [0.1, 0.15) is 30.7 Å². The molecule has 1 unspecified atom stereocenters. The van der Waals surface area contributed by atoms with Gasteiger partial charge >= 0.3 is 0 Å². The molecule has 0 aliphatic rings. The fourth-order valence-electron chi connectivity index (χ4n) is 1.64. The van der Waals surface area contributed by atoms with Crippen molar-refractivity contribution in [2.45, 2.75) is 20.0 Å². The van der Waals surface area contributed by atoms with Crippen LogP contribution in [0.4, 0.5) is 0 Å². The van der Waals surface area contributed by atoms with E-state index in [1.54, 1.807) is 19.2 Å². The molecule has 0 saturated carbocycles. The first-order valence-corrected chi connectivity index (χ1v) is 6.34. The molecule has 0 radical (unpaired) electrons. The minimum absolute atomic E-state index is 0.183. The number of nitriles is 1. The Morgan fingerprint density at radius 3 is 2.78 bits per heavy atom. The van der Waals surface area contributed by atoms with Gasteiger partial charge < -0.3 is 9.26 Å². The summed E-state index contributed by atoms with van der Waals surface area (Å²) in [5.41, 5.74) is 0. The van der Waals surface area contributed by atoms with Crippen LogP contribution in [-0.4, -0.2) is 17.3 Å². The van der Waals surface area contributed by atoms with Crippen molar-refractivity contribution < 1.29 is 9.26 Å². The fraction of sp³-hybridized carbons (Fsp3) is 0.417. The molecule has 2 heterocycles. The third-order valence-corrected chi connectivity index (χ3v) is 3.46. The molecule has 0 aliphatic heterocycles. The molecule has 0 amide bonds. The van der Waals surface area contributed by atoms with Crippen LogP contribution >= 0.6 is 11.3 Å². The Bertz CT molecular complexity index is 568. The average Bonchev–Trinajstić information content (AvgIpc) is 2.96. The van der Waals surface area contributed by atoms with Gasteiger partial charge in [0.25, 0.3) is 5.89 Å². The highest BCUT2D eigenvalue weighted by Gasteiger charge is 2.22. The van der Waals surface area contributed by atoms with Crippen molar-refractivity contribution in [2.75, 3.05) is 7.11 Å². The lowest BCUT2D eigenvalue weighted by Gasteiger charge is -2.14. The van der Waals surface area contributed by atoms with E-state index in [-0.39, 0.29) is 12.0 Å². The largest absolute Gasteiger partial charge is 0.373 e. The molecule has 0 spiro atoms. The summed E-state index contributed by atoms with van der Waals surface area (Å²) in [6.07, 6.45) is -0.183. The predicted molar refractivity (Wildman–Crippen MR) is 66.9 cm³/mol. The molecule has 6 heteroatoms. The van der Waals surface area contributed by atoms with Gasteiger partial charge in [-0.2, -0.15) is 10.2 Å². The Morgan fingerprint density at radius 2 is 2.22 bits per heavy atom. The van der Waals surface area contributed by atoms with Gasteiger partial charge in [-0.15, -0.1) is 11.3 Å². The monoisotopic (exact) mass is 263 g/mol. The number of hydrogen-bond acceptors (Lipinski definition) is 6. The van der Waals surface area contributed by atoms with Crippen molar-refractivity contribution in [3.8, 4) is 16.8 Å². The zero-order valence-corrected chi connectivity index (χ0v) is 11.2. The summed E-state index contributed by atoms with van der Waals surface area (Å²) in [7, 11) is 1.62. The van der Waals surface area contributed by atoms with E-state index in [0.29, 0.717) is 16.6 Å². The number of ether oxygens (including phenoxy) is 1. The number of aromatic nitrogens is 2. The lowest BCUT2D eigenvalue weighted by molar-refractivity contribution is 0.0556. The van der Waals surface area contributed by atoms with Crippen LogP contribution in [0.3, 0.4) is 0 Å². The molecule has 0 N–H and O–H groups in total. The first-order chi connectivity index (χ1) is 8.65. The molecule has 1 atom stereocenters. The van der Waals surface area contributed by atoms with Gasteiger partial charge in [0, 0.05) is 7.11 Å². The van der Waals surface area contributed by atoms with Gasteiger partial charge in [0.05, 0.1) is 4.88 Å². The van der Waals surface area contributed by atoms with Crippen molar-refractivity contribution in [3.05, 3.63) is 22.8 Å². The van der Waals surface area contributed by atoms with Crippen LogP contribution in [0.5, 0.6) is 0 Å². The Kier molecular flexibility index (Phi) is 3.75. The molecule has 0 saturated heterocycles. The van der Waals surface area contributed by atoms with Gasteiger partial charge in [-0.25, -0.2) is 0 Å². The summed E-state index contributed by atoms with van der Waals surface area (Å²) in [5, 5.41) is 12.7. The van der Waals surface area contributed by atoms with Crippen molar-refractivity contribution in [2.24, 2.45) is 5.92 Å². The smallest absolute Gasteiger partial charge is 0.268 e. The van der Waals surface area contributed by atoms with Crippen LogP contribution in [0.15, 0.2) is 16.7 Å². The van der Waals surface area contributed by atoms with Crippen LogP contribution in [0.2, 0.25) is 0 Å². The van der Waals surface area contributed by atoms with Gasteiger partial charge in [-0.1, -0.05) is 19.0 Å². The highest BCUT2D eigenvalue weighted by molar-refractivity contribution is 7.15. The Labute approximate surface area is 109 Å². The standard InChI is InChI=1S/C12H13N3O2S/c1-7(2)10(16-3)11-14-12(17-15-11)9-5-4-8(6-13)18-9/h4-5,7,10H,1-3H3. The molecule has 0 aromatic carbocycles. The molecular weight excluding hydrogens is 250 g/mol. The molecule has 0 bridgehead atoms. The summed E-state index contributed by atoms with van der Waals surface area (Å²) >= 11 is 1.33. The maximum atomic E-state index is 8.78. The van der Waals surface area contributed by atoms with Crippen molar-refractivity contribution in [1.29, 1.82) is 5.26 Å². The first kappa shape index (κ1) is 12.7. The zero-order valence-electron chi connectivity index (χ0n) is 10.4. The van der Waals surface area contributed by atoms with Crippen LogP contribution in [-0.2, 0) is 4.74 Å². The van der Waals surface area contributed by atoms with E-state index in [4.69, 9.17) is 14.5 Å². The summed E-state index contributed by atoms with van der Waals surface area (Å²) < 4.78 is 10.5. The minimum atomic E-state index is -0.183. The Hall–Kier alpha value is -1.71. The molecule has 18 heavy (non-hydrogen) atoms. The fourth-order valence-corrected chi connectivity index (χ4v) is 2.36. The highest BCUT2D eigenvalue weighted by Crippen LogP contribution is 2.29. The van der Waals surface area contributed by atoms with E-state index < -0.39 is 0 Å². The Morgan fingerprint density at radius 1 is 1.44 bits per heavy atom. The van der Waals surface area contributed by atoms with E-state index in [1.165, 1.54) is 11.3 Å². The van der Waals surface area contributed by atoms with Crippen molar-refractivity contribution in [3.63, 3.8) is 0 Å². The molecule has 2 aromatic rings. The summed E-state index contributed by atoms with van der Waals surface area (Å²) in [5.74, 6) is 1.23. The normalized spacial score (nSPS) is 12.6. The van der Waals surface area contributed by atoms with Gasteiger partial charge in [-0.3, -0.25) is 0 Å². The highest BCUT2D eigenvalue weighted by atomic mass is 32.1. The first-order valence-electron chi connectivity index (χ1n) is 5.52. The SMILES string of the molecule is COC(c1noc(-c2ccc(C#N)s2)n1)C(C)C. The number of hydrogen-bond donors (Lipinski definition) is 0. The maximum Gasteiger partial charge on any atom is 0.268 e. The number of methoxy groups -OCH3 is 1. The lowest BCUT2D eigenvalue weighted by Crippen LogP contribution is -2.10.